The predicted molar refractivity (Wildman–Crippen MR) is 82.1 cm³/mol. The summed E-state index contributed by atoms with van der Waals surface area (Å²) in [6, 6.07) is 10.1. The van der Waals surface area contributed by atoms with Crippen molar-refractivity contribution in [1.82, 2.24) is 4.57 Å². The summed E-state index contributed by atoms with van der Waals surface area (Å²) >= 11 is 3.25. The first-order chi connectivity index (χ1) is 10.1. The van der Waals surface area contributed by atoms with Crippen molar-refractivity contribution in [2.75, 3.05) is 0 Å². The van der Waals surface area contributed by atoms with E-state index in [2.05, 4.69) is 15.9 Å². The Hall–Kier alpha value is -2.01. The monoisotopic (exact) mass is 349 g/mol. The van der Waals surface area contributed by atoms with E-state index in [0.717, 1.165) is 0 Å². The fraction of sp³-hybridized carbons (Fsp3) is 0.0625. The summed E-state index contributed by atoms with van der Waals surface area (Å²) < 4.78 is 29.1. The van der Waals surface area contributed by atoms with E-state index in [1.54, 1.807) is 18.2 Å². The maximum atomic E-state index is 14.0. The van der Waals surface area contributed by atoms with Crippen LogP contribution in [0.3, 0.4) is 0 Å². The molecule has 106 valence electrons. The fourth-order valence-corrected chi connectivity index (χ4v) is 2.69. The molecular formula is C16H10BrF2NO. The number of hydrogen-bond donors (Lipinski definition) is 0. The number of halogens is 3. The lowest BCUT2D eigenvalue weighted by molar-refractivity contribution is 0.617. The van der Waals surface area contributed by atoms with Gasteiger partial charge in [0.15, 0.2) is 5.43 Å². The lowest BCUT2D eigenvalue weighted by Gasteiger charge is -2.13. The number of aromatic nitrogens is 1. The Morgan fingerprint density at radius 2 is 1.86 bits per heavy atom. The average molecular weight is 350 g/mol. The van der Waals surface area contributed by atoms with Gasteiger partial charge in [-0.15, -0.1) is 0 Å². The second kappa shape index (κ2) is 5.41. The maximum Gasteiger partial charge on any atom is 0.193 e. The van der Waals surface area contributed by atoms with Crippen LogP contribution in [-0.4, -0.2) is 4.57 Å². The molecule has 0 spiro atoms. The minimum Gasteiger partial charge on any atom is -0.313 e. The molecule has 0 saturated carbocycles. The first-order valence-corrected chi connectivity index (χ1v) is 7.38. The minimum absolute atomic E-state index is 0.186. The number of para-hydroxylation sites is 1. The molecule has 0 bridgehead atoms. The summed E-state index contributed by atoms with van der Waals surface area (Å²) in [4.78, 5) is 12.3. The van der Waals surface area contributed by atoms with E-state index in [1.165, 1.54) is 35.0 Å². The van der Waals surface area contributed by atoms with Crippen LogP contribution < -0.4 is 5.43 Å². The molecule has 1 aromatic heterocycles. The Balaban J connectivity index is 2.47. The number of hydrogen-bond acceptors (Lipinski definition) is 1. The smallest absolute Gasteiger partial charge is 0.193 e. The van der Waals surface area contributed by atoms with Crippen LogP contribution in [0.2, 0.25) is 0 Å². The van der Waals surface area contributed by atoms with E-state index in [4.69, 9.17) is 0 Å². The zero-order chi connectivity index (χ0) is 15.0. The molecule has 2 nitrogen and oxygen atoms in total. The highest BCUT2D eigenvalue weighted by molar-refractivity contribution is 9.08. The predicted octanol–water partition coefficient (Wildman–Crippen LogP) is 4.16. The third-order valence-electron chi connectivity index (χ3n) is 3.30. The Labute approximate surface area is 127 Å². The van der Waals surface area contributed by atoms with E-state index in [9.17, 15) is 13.6 Å². The van der Waals surface area contributed by atoms with Gasteiger partial charge in [0.1, 0.15) is 11.6 Å². The van der Waals surface area contributed by atoms with Crippen LogP contribution in [0.4, 0.5) is 8.78 Å². The van der Waals surface area contributed by atoms with Crippen LogP contribution in [0, 0.1) is 11.6 Å². The summed E-state index contributed by atoms with van der Waals surface area (Å²) in [6.07, 6.45) is 1.54. The van der Waals surface area contributed by atoms with Crippen molar-refractivity contribution in [3.05, 3.63) is 76.1 Å². The van der Waals surface area contributed by atoms with Gasteiger partial charge in [0.2, 0.25) is 0 Å². The standard InChI is InChI=1S/C16H10BrF2NO/c17-8-10-9-20(14-4-2-1-3-13(14)19)15-7-11(18)5-6-12(15)16(10)21/h1-7,9H,8H2. The normalized spacial score (nSPS) is 11.0. The van der Waals surface area contributed by atoms with Crippen molar-refractivity contribution in [3.63, 3.8) is 0 Å². The van der Waals surface area contributed by atoms with Crippen LogP contribution in [-0.2, 0) is 5.33 Å². The van der Waals surface area contributed by atoms with Gasteiger partial charge in [-0.1, -0.05) is 28.1 Å². The molecule has 0 amide bonds. The molecule has 2 aromatic carbocycles. The Morgan fingerprint density at radius 1 is 1.10 bits per heavy atom. The molecule has 0 N–H and O–H groups in total. The van der Waals surface area contributed by atoms with E-state index in [1.807, 2.05) is 0 Å². The van der Waals surface area contributed by atoms with E-state index in [0.29, 0.717) is 21.8 Å². The highest BCUT2D eigenvalue weighted by atomic mass is 79.9. The molecule has 0 saturated heterocycles. The van der Waals surface area contributed by atoms with Gasteiger partial charge in [-0.2, -0.15) is 0 Å². The van der Waals surface area contributed by atoms with Crippen LogP contribution >= 0.6 is 15.9 Å². The molecule has 0 radical (unpaired) electrons. The molecule has 0 aliphatic carbocycles. The number of alkyl halides is 1. The molecule has 3 rings (SSSR count). The molecule has 3 aromatic rings. The summed E-state index contributed by atoms with van der Waals surface area (Å²) in [6.45, 7) is 0. The number of fused-ring (bicyclic) bond motifs is 1. The van der Waals surface area contributed by atoms with Gasteiger partial charge in [0.05, 0.1) is 11.2 Å². The van der Waals surface area contributed by atoms with Gasteiger partial charge in [-0.25, -0.2) is 8.78 Å². The average Bonchev–Trinajstić information content (AvgIpc) is 2.48. The second-order valence-electron chi connectivity index (χ2n) is 4.60. The van der Waals surface area contributed by atoms with Crippen molar-refractivity contribution < 1.29 is 8.78 Å². The highest BCUT2D eigenvalue weighted by Gasteiger charge is 2.12. The largest absolute Gasteiger partial charge is 0.313 e. The number of rotatable bonds is 2. The molecule has 21 heavy (non-hydrogen) atoms. The van der Waals surface area contributed by atoms with E-state index < -0.39 is 11.6 Å². The fourth-order valence-electron chi connectivity index (χ4n) is 2.29. The zero-order valence-electron chi connectivity index (χ0n) is 10.8. The summed E-state index contributed by atoms with van der Waals surface area (Å²) in [5.74, 6) is -0.911. The molecule has 1 heterocycles. The molecule has 0 atom stereocenters. The third-order valence-corrected chi connectivity index (χ3v) is 3.90. The van der Waals surface area contributed by atoms with Gasteiger partial charge in [0.25, 0.3) is 0 Å². The van der Waals surface area contributed by atoms with Crippen molar-refractivity contribution in [2.24, 2.45) is 0 Å². The van der Waals surface area contributed by atoms with Crippen molar-refractivity contribution >= 4 is 26.8 Å². The second-order valence-corrected chi connectivity index (χ2v) is 5.16. The first-order valence-electron chi connectivity index (χ1n) is 6.26. The van der Waals surface area contributed by atoms with Gasteiger partial charge in [0, 0.05) is 22.5 Å². The number of nitrogens with zero attached hydrogens (tertiary/aromatic N) is 1. The van der Waals surface area contributed by atoms with Crippen molar-refractivity contribution in [2.45, 2.75) is 5.33 Å². The Bertz CT molecular complexity index is 889. The summed E-state index contributed by atoms with van der Waals surface area (Å²) in [7, 11) is 0. The van der Waals surface area contributed by atoms with Gasteiger partial charge < -0.3 is 4.57 Å². The molecule has 0 aliphatic rings. The van der Waals surface area contributed by atoms with E-state index in [-0.39, 0.29) is 11.1 Å². The van der Waals surface area contributed by atoms with Crippen molar-refractivity contribution in [3.8, 4) is 5.69 Å². The summed E-state index contributed by atoms with van der Waals surface area (Å²) in [5.41, 5.74) is 0.914. The van der Waals surface area contributed by atoms with Crippen molar-refractivity contribution in [1.29, 1.82) is 0 Å². The number of pyridine rings is 1. The van der Waals surface area contributed by atoms with Crippen LogP contribution in [0.1, 0.15) is 5.56 Å². The lowest BCUT2D eigenvalue weighted by Crippen LogP contribution is -2.13. The minimum atomic E-state index is -0.474. The van der Waals surface area contributed by atoms with Crippen LogP contribution in [0.15, 0.2) is 53.5 Å². The maximum absolute atomic E-state index is 14.0. The van der Waals surface area contributed by atoms with Gasteiger partial charge >= 0.3 is 0 Å². The SMILES string of the molecule is O=c1c(CBr)cn(-c2ccccc2F)c2cc(F)ccc12. The van der Waals surface area contributed by atoms with Crippen LogP contribution in [0.25, 0.3) is 16.6 Å². The quantitative estimate of drug-likeness (QED) is 0.636. The Morgan fingerprint density at radius 3 is 2.57 bits per heavy atom. The topological polar surface area (TPSA) is 22.0 Å². The molecule has 0 unspecified atom stereocenters. The Kier molecular flexibility index (Phi) is 3.59. The van der Waals surface area contributed by atoms with Gasteiger partial charge in [-0.05, 0) is 30.3 Å². The molecule has 5 heteroatoms. The lowest BCUT2D eigenvalue weighted by atomic mass is 10.1. The highest BCUT2D eigenvalue weighted by Crippen LogP contribution is 2.21. The zero-order valence-corrected chi connectivity index (χ0v) is 12.4. The molecule has 0 fully saturated rings. The third kappa shape index (κ3) is 2.38. The molecular weight excluding hydrogens is 340 g/mol. The molecule has 0 aliphatic heterocycles. The first kappa shape index (κ1) is 13.9. The summed E-state index contributed by atoms with van der Waals surface area (Å²) in [5, 5.41) is 0.699. The number of benzene rings is 2. The van der Waals surface area contributed by atoms with Crippen LogP contribution in [0.5, 0.6) is 0 Å². The van der Waals surface area contributed by atoms with E-state index >= 15 is 0 Å². The van der Waals surface area contributed by atoms with Gasteiger partial charge in [-0.3, -0.25) is 4.79 Å².